The normalized spacial score (nSPS) is 11.1. The molecular formula is C18H11Cl3N4OS. The zero-order valence-corrected chi connectivity index (χ0v) is 16.9. The number of carbonyl (C=O) groups excluding carboxylic acids is 1. The molecule has 0 radical (unpaired) electrons. The summed E-state index contributed by atoms with van der Waals surface area (Å²) in [7, 11) is 0. The molecule has 27 heavy (non-hydrogen) atoms. The molecule has 9 heteroatoms. The maximum absolute atomic E-state index is 12.8. The Morgan fingerprint density at radius 1 is 1.11 bits per heavy atom. The van der Waals surface area contributed by atoms with E-state index in [1.807, 2.05) is 5.38 Å². The lowest BCUT2D eigenvalue weighted by Gasteiger charge is -2.04. The first-order valence-corrected chi connectivity index (χ1v) is 9.80. The van der Waals surface area contributed by atoms with Gasteiger partial charge in [-0.05, 0) is 31.2 Å². The van der Waals surface area contributed by atoms with Gasteiger partial charge in [0.25, 0.3) is 5.91 Å². The van der Waals surface area contributed by atoms with Crippen molar-refractivity contribution in [2.75, 3.05) is 5.32 Å². The second-order valence-electron chi connectivity index (χ2n) is 5.74. The van der Waals surface area contributed by atoms with Gasteiger partial charge in [-0.3, -0.25) is 14.5 Å². The van der Waals surface area contributed by atoms with E-state index in [4.69, 9.17) is 34.8 Å². The highest BCUT2D eigenvalue weighted by Crippen LogP contribution is 2.32. The SMILES string of the molecule is Cc1nc2cc(Cl)ccn2c1C(=O)Nc1nc(-c2ccc(Cl)cc2Cl)cs1. The van der Waals surface area contributed by atoms with Crippen LogP contribution < -0.4 is 5.32 Å². The van der Waals surface area contributed by atoms with Crippen LogP contribution in [0.1, 0.15) is 16.2 Å². The van der Waals surface area contributed by atoms with Crippen LogP contribution in [0.2, 0.25) is 15.1 Å². The number of nitrogens with one attached hydrogen (secondary N) is 1. The maximum atomic E-state index is 12.8. The number of aryl methyl sites for hydroxylation is 1. The number of amides is 1. The fourth-order valence-corrected chi connectivity index (χ4v) is 4.08. The van der Waals surface area contributed by atoms with Crippen molar-refractivity contribution in [1.29, 1.82) is 0 Å². The molecule has 0 bridgehead atoms. The highest BCUT2D eigenvalue weighted by atomic mass is 35.5. The van der Waals surface area contributed by atoms with Gasteiger partial charge in [0.15, 0.2) is 5.13 Å². The summed E-state index contributed by atoms with van der Waals surface area (Å²) in [6.07, 6.45) is 1.72. The summed E-state index contributed by atoms with van der Waals surface area (Å²) in [5, 5.41) is 6.72. The third-order valence-corrected chi connectivity index (χ3v) is 5.45. The van der Waals surface area contributed by atoms with Crippen LogP contribution in [0.5, 0.6) is 0 Å². The van der Waals surface area contributed by atoms with E-state index in [-0.39, 0.29) is 5.91 Å². The number of hydrogen-bond donors (Lipinski definition) is 1. The van der Waals surface area contributed by atoms with Crippen LogP contribution in [-0.4, -0.2) is 20.3 Å². The molecular weight excluding hydrogens is 427 g/mol. The minimum absolute atomic E-state index is 0.301. The number of nitrogens with zero attached hydrogens (tertiary/aromatic N) is 3. The second-order valence-corrected chi connectivity index (χ2v) is 7.87. The van der Waals surface area contributed by atoms with Crippen molar-refractivity contribution in [3.8, 4) is 11.3 Å². The number of anilines is 1. The lowest BCUT2D eigenvalue weighted by Crippen LogP contribution is -2.15. The molecule has 3 heterocycles. The summed E-state index contributed by atoms with van der Waals surface area (Å²) < 4.78 is 1.70. The number of aromatic nitrogens is 3. The monoisotopic (exact) mass is 436 g/mol. The Balaban J connectivity index is 1.63. The molecule has 0 atom stereocenters. The lowest BCUT2D eigenvalue weighted by molar-refractivity contribution is 0.102. The number of pyridine rings is 1. The molecule has 4 aromatic rings. The third kappa shape index (κ3) is 3.53. The van der Waals surface area contributed by atoms with Gasteiger partial charge in [-0.15, -0.1) is 11.3 Å². The Morgan fingerprint density at radius 3 is 2.67 bits per heavy atom. The van der Waals surface area contributed by atoms with Crippen molar-refractivity contribution in [2.45, 2.75) is 6.92 Å². The van der Waals surface area contributed by atoms with E-state index in [1.165, 1.54) is 11.3 Å². The summed E-state index contributed by atoms with van der Waals surface area (Å²) in [4.78, 5) is 21.6. The zero-order valence-electron chi connectivity index (χ0n) is 13.8. The van der Waals surface area contributed by atoms with Crippen LogP contribution in [0.25, 0.3) is 16.9 Å². The molecule has 3 aromatic heterocycles. The number of imidazole rings is 1. The minimum atomic E-state index is -0.301. The molecule has 0 aliphatic heterocycles. The molecule has 0 aliphatic rings. The van der Waals surface area contributed by atoms with E-state index in [1.54, 1.807) is 47.9 Å². The molecule has 0 aliphatic carbocycles. The number of carbonyl (C=O) groups is 1. The average Bonchev–Trinajstić information content (AvgIpc) is 3.17. The van der Waals surface area contributed by atoms with Gasteiger partial charge in [0.2, 0.25) is 0 Å². The van der Waals surface area contributed by atoms with Gasteiger partial charge in [-0.1, -0.05) is 34.8 Å². The third-order valence-electron chi connectivity index (χ3n) is 3.91. The number of halogens is 3. The number of hydrogen-bond acceptors (Lipinski definition) is 4. The molecule has 0 unspecified atom stereocenters. The zero-order chi connectivity index (χ0) is 19.1. The smallest absolute Gasteiger partial charge is 0.276 e. The Labute approximate surface area is 173 Å². The van der Waals surface area contributed by atoms with Gasteiger partial charge < -0.3 is 0 Å². The molecule has 5 nitrogen and oxygen atoms in total. The fraction of sp³-hybridized carbons (Fsp3) is 0.0556. The van der Waals surface area contributed by atoms with Crippen molar-refractivity contribution in [2.24, 2.45) is 0 Å². The van der Waals surface area contributed by atoms with Crippen molar-refractivity contribution in [3.05, 3.63) is 68.4 Å². The Bertz CT molecular complexity index is 1180. The van der Waals surface area contributed by atoms with Gasteiger partial charge in [0.1, 0.15) is 11.3 Å². The van der Waals surface area contributed by atoms with E-state index in [9.17, 15) is 4.79 Å². The van der Waals surface area contributed by atoms with E-state index < -0.39 is 0 Å². The molecule has 1 amide bonds. The summed E-state index contributed by atoms with van der Waals surface area (Å²) in [5.41, 5.74) is 3.06. The molecule has 0 saturated carbocycles. The number of fused-ring (bicyclic) bond motifs is 1. The fourth-order valence-electron chi connectivity index (χ4n) is 2.72. The summed E-state index contributed by atoms with van der Waals surface area (Å²) >= 11 is 19.5. The number of rotatable bonds is 3. The summed E-state index contributed by atoms with van der Waals surface area (Å²) in [5.74, 6) is -0.301. The first-order chi connectivity index (χ1) is 12.9. The van der Waals surface area contributed by atoms with Crippen LogP contribution >= 0.6 is 46.1 Å². The predicted octanol–water partition coefficient (Wildman–Crippen LogP) is 5.98. The van der Waals surface area contributed by atoms with Gasteiger partial charge in [0.05, 0.1) is 16.4 Å². The Hall–Kier alpha value is -2.12. The van der Waals surface area contributed by atoms with Crippen LogP contribution in [0.3, 0.4) is 0 Å². The average molecular weight is 438 g/mol. The Morgan fingerprint density at radius 2 is 1.89 bits per heavy atom. The standard InChI is InChI=1S/C18H11Cl3N4OS/c1-9-16(25-5-4-11(20)7-15(25)22-9)17(26)24-18-23-14(8-27-18)12-3-2-10(19)6-13(12)21/h2-8H,1H3,(H,23,24,26). The molecule has 4 rings (SSSR count). The van der Waals surface area contributed by atoms with E-state index in [2.05, 4.69) is 15.3 Å². The molecule has 0 fully saturated rings. The number of benzene rings is 1. The number of thiazole rings is 1. The molecule has 0 saturated heterocycles. The van der Waals surface area contributed by atoms with E-state index >= 15 is 0 Å². The summed E-state index contributed by atoms with van der Waals surface area (Å²) in [6, 6.07) is 8.60. The Kier molecular flexibility index (Phi) is 4.82. The second kappa shape index (κ2) is 7.13. The lowest BCUT2D eigenvalue weighted by atomic mass is 10.2. The molecule has 1 N–H and O–H groups in total. The topological polar surface area (TPSA) is 59.3 Å². The van der Waals surface area contributed by atoms with Crippen molar-refractivity contribution in [3.63, 3.8) is 0 Å². The van der Waals surface area contributed by atoms with Crippen molar-refractivity contribution < 1.29 is 4.79 Å². The van der Waals surface area contributed by atoms with Crippen LogP contribution in [-0.2, 0) is 0 Å². The molecule has 0 spiro atoms. The predicted molar refractivity (Wildman–Crippen MR) is 110 cm³/mol. The first-order valence-electron chi connectivity index (χ1n) is 7.79. The van der Waals surface area contributed by atoms with E-state index in [0.29, 0.717) is 42.9 Å². The highest BCUT2D eigenvalue weighted by molar-refractivity contribution is 7.14. The highest BCUT2D eigenvalue weighted by Gasteiger charge is 2.18. The van der Waals surface area contributed by atoms with Crippen LogP contribution in [0, 0.1) is 6.92 Å². The van der Waals surface area contributed by atoms with Crippen molar-refractivity contribution >= 4 is 62.8 Å². The minimum Gasteiger partial charge on any atom is -0.296 e. The van der Waals surface area contributed by atoms with Crippen LogP contribution in [0.15, 0.2) is 41.9 Å². The summed E-state index contributed by atoms with van der Waals surface area (Å²) in [6.45, 7) is 1.77. The first kappa shape index (κ1) is 18.3. The molecule has 1 aromatic carbocycles. The van der Waals surface area contributed by atoms with Gasteiger partial charge in [-0.25, -0.2) is 9.97 Å². The van der Waals surface area contributed by atoms with Gasteiger partial charge in [-0.2, -0.15) is 0 Å². The van der Waals surface area contributed by atoms with Crippen LogP contribution in [0.4, 0.5) is 5.13 Å². The maximum Gasteiger partial charge on any atom is 0.276 e. The largest absolute Gasteiger partial charge is 0.296 e. The van der Waals surface area contributed by atoms with Gasteiger partial charge in [0, 0.05) is 33.3 Å². The molecule has 136 valence electrons. The van der Waals surface area contributed by atoms with Gasteiger partial charge >= 0.3 is 0 Å². The quantitative estimate of drug-likeness (QED) is 0.429. The van der Waals surface area contributed by atoms with Crippen molar-refractivity contribution in [1.82, 2.24) is 14.4 Å². The van der Waals surface area contributed by atoms with E-state index in [0.717, 1.165) is 5.56 Å².